The molecule has 1 fully saturated rings. The van der Waals surface area contributed by atoms with E-state index in [2.05, 4.69) is 22.6 Å². The Morgan fingerprint density at radius 1 is 1.12 bits per heavy atom. The van der Waals surface area contributed by atoms with Crippen molar-refractivity contribution in [3.63, 3.8) is 0 Å². The van der Waals surface area contributed by atoms with E-state index < -0.39 is 0 Å². The summed E-state index contributed by atoms with van der Waals surface area (Å²) in [6.07, 6.45) is 2.35. The van der Waals surface area contributed by atoms with Gasteiger partial charge in [-0.25, -0.2) is 4.98 Å². The highest BCUT2D eigenvalue weighted by molar-refractivity contribution is 8.00. The standard InChI is InChI=1S/C27H31N3O2S2/c1-3-24(21-7-5-4-6-8-21)26(32)30-15-13-23(14-16-30)29-25(31)22-11-9-20(10-12-22)18-34-27-28-19(2)17-33-27/h4-12,17,23-24H,3,13-16,18H2,1-2H3,(H,29,31). The second-order valence-corrected chi connectivity index (χ2v) is 10.8. The molecular formula is C27H31N3O2S2. The molecule has 1 aliphatic rings. The molecule has 1 saturated heterocycles. The SMILES string of the molecule is CCC(C(=O)N1CCC(NC(=O)c2ccc(CSc3nc(C)cs3)cc2)CC1)c1ccccc1. The van der Waals surface area contributed by atoms with E-state index in [1.54, 1.807) is 23.1 Å². The van der Waals surface area contributed by atoms with Gasteiger partial charge in [0.1, 0.15) is 4.34 Å². The van der Waals surface area contributed by atoms with E-state index in [1.165, 1.54) is 5.56 Å². The molecule has 1 unspecified atom stereocenters. The number of benzene rings is 2. The number of hydrogen-bond acceptors (Lipinski definition) is 5. The maximum Gasteiger partial charge on any atom is 0.251 e. The zero-order valence-electron chi connectivity index (χ0n) is 19.7. The van der Waals surface area contributed by atoms with Crippen LogP contribution >= 0.6 is 23.1 Å². The lowest BCUT2D eigenvalue weighted by atomic mass is 9.93. The quantitative estimate of drug-likeness (QED) is 0.412. The highest BCUT2D eigenvalue weighted by atomic mass is 32.2. The van der Waals surface area contributed by atoms with E-state index in [9.17, 15) is 9.59 Å². The van der Waals surface area contributed by atoms with Gasteiger partial charge in [-0.15, -0.1) is 11.3 Å². The summed E-state index contributed by atoms with van der Waals surface area (Å²) in [6.45, 7) is 5.42. The summed E-state index contributed by atoms with van der Waals surface area (Å²) in [6, 6.07) is 17.9. The van der Waals surface area contributed by atoms with Crippen LogP contribution in [0.25, 0.3) is 0 Å². The number of rotatable bonds is 8. The van der Waals surface area contributed by atoms with Crippen LogP contribution in [-0.2, 0) is 10.5 Å². The fraction of sp³-hybridized carbons (Fsp3) is 0.370. The van der Waals surface area contributed by atoms with E-state index in [-0.39, 0.29) is 23.8 Å². The van der Waals surface area contributed by atoms with Crippen LogP contribution < -0.4 is 5.32 Å². The number of carbonyl (C=O) groups excluding carboxylic acids is 2. The normalized spacial score (nSPS) is 15.2. The van der Waals surface area contributed by atoms with Crippen molar-refractivity contribution in [3.8, 4) is 0 Å². The van der Waals surface area contributed by atoms with Crippen LogP contribution in [0.15, 0.2) is 64.3 Å². The van der Waals surface area contributed by atoms with Crippen LogP contribution in [0.5, 0.6) is 0 Å². The average Bonchev–Trinajstić information content (AvgIpc) is 3.29. The molecule has 1 N–H and O–H groups in total. The smallest absolute Gasteiger partial charge is 0.251 e. The monoisotopic (exact) mass is 493 g/mol. The minimum atomic E-state index is -0.0939. The maximum absolute atomic E-state index is 13.1. The Morgan fingerprint density at radius 2 is 1.82 bits per heavy atom. The summed E-state index contributed by atoms with van der Waals surface area (Å²) >= 11 is 3.38. The van der Waals surface area contributed by atoms with Crippen molar-refractivity contribution in [1.82, 2.24) is 15.2 Å². The Morgan fingerprint density at radius 3 is 2.44 bits per heavy atom. The molecule has 178 valence electrons. The second kappa shape index (κ2) is 11.7. The largest absolute Gasteiger partial charge is 0.349 e. The van der Waals surface area contributed by atoms with Gasteiger partial charge in [0.2, 0.25) is 5.91 Å². The van der Waals surface area contributed by atoms with E-state index in [0.717, 1.165) is 40.6 Å². The lowest BCUT2D eigenvalue weighted by molar-refractivity contribution is -0.134. The van der Waals surface area contributed by atoms with Crippen molar-refractivity contribution in [2.45, 2.75) is 55.2 Å². The number of nitrogens with one attached hydrogen (secondary N) is 1. The van der Waals surface area contributed by atoms with Crippen LogP contribution in [0.3, 0.4) is 0 Å². The van der Waals surface area contributed by atoms with Crippen molar-refractivity contribution in [2.75, 3.05) is 13.1 Å². The van der Waals surface area contributed by atoms with Gasteiger partial charge in [0.15, 0.2) is 0 Å². The summed E-state index contributed by atoms with van der Waals surface area (Å²) in [7, 11) is 0. The minimum Gasteiger partial charge on any atom is -0.349 e. The first-order valence-corrected chi connectivity index (χ1v) is 13.7. The molecule has 0 radical (unpaired) electrons. The molecule has 1 aromatic heterocycles. The first kappa shape index (κ1) is 24.5. The van der Waals surface area contributed by atoms with Crippen LogP contribution in [0.4, 0.5) is 0 Å². The minimum absolute atomic E-state index is 0.0461. The molecule has 0 saturated carbocycles. The van der Waals surface area contributed by atoms with Gasteiger partial charge in [-0.1, -0.05) is 61.2 Å². The number of thioether (sulfide) groups is 1. The number of aryl methyl sites for hydroxylation is 1. The summed E-state index contributed by atoms with van der Waals surface area (Å²) < 4.78 is 1.07. The maximum atomic E-state index is 13.1. The van der Waals surface area contributed by atoms with E-state index in [0.29, 0.717) is 18.7 Å². The third-order valence-electron chi connectivity index (χ3n) is 6.23. The average molecular weight is 494 g/mol. The topological polar surface area (TPSA) is 62.3 Å². The van der Waals surface area contributed by atoms with Crippen molar-refractivity contribution >= 4 is 34.9 Å². The summed E-state index contributed by atoms with van der Waals surface area (Å²) in [5.41, 5.74) is 3.97. The van der Waals surface area contributed by atoms with E-state index >= 15 is 0 Å². The molecule has 0 aliphatic carbocycles. The van der Waals surface area contributed by atoms with Gasteiger partial charge in [-0.3, -0.25) is 9.59 Å². The number of carbonyl (C=O) groups is 2. The molecule has 4 rings (SSSR count). The number of piperidine rings is 1. The fourth-order valence-corrected chi connectivity index (χ4v) is 6.07. The van der Waals surface area contributed by atoms with Gasteiger partial charge in [-0.2, -0.15) is 0 Å². The summed E-state index contributed by atoms with van der Waals surface area (Å²) in [5, 5.41) is 5.22. The molecule has 0 spiro atoms. The van der Waals surface area contributed by atoms with E-state index in [1.807, 2.05) is 66.4 Å². The Balaban J connectivity index is 1.25. The van der Waals surface area contributed by atoms with Gasteiger partial charge in [-0.05, 0) is 49.4 Å². The van der Waals surface area contributed by atoms with Gasteiger partial charge < -0.3 is 10.2 Å². The van der Waals surface area contributed by atoms with Crippen LogP contribution in [0.2, 0.25) is 0 Å². The number of hydrogen-bond donors (Lipinski definition) is 1. The third-order valence-corrected chi connectivity index (χ3v) is 8.44. The first-order valence-electron chi connectivity index (χ1n) is 11.8. The number of nitrogens with zero attached hydrogens (tertiary/aromatic N) is 2. The Hall–Kier alpha value is -2.64. The molecule has 2 heterocycles. The number of aromatic nitrogens is 1. The first-order chi connectivity index (χ1) is 16.5. The summed E-state index contributed by atoms with van der Waals surface area (Å²) in [5.74, 6) is 0.891. The second-order valence-electron chi connectivity index (χ2n) is 8.68. The molecule has 1 aliphatic heterocycles. The number of amides is 2. The van der Waals surface area contributed by atoms with Gasteiger partial charge in [0, 0.05) is 41.5 Å². The van der Waals surface area contributed by atoms with Crippen LogP contribution in [0, 0.1) is 6.92 Å². The lowest BCUT2D eigenvalue weighted by Gasteiger charge is -2.34. The van der Waals surface area contributed by atoms with Gasteiger partial charge in [0.25, 0.3) is 5.91 Å². The Bertz CT molecular complexity index is 1090. The molecule has 7 heteroatoms. The molecule has 3 aromatic rings. The molecule has 1 atom stereocenters. The van der Waals surface area contributed by atoms with Crippen molar-refractivity contribution in [3.05, 3.63) is 82.4 Å². The number of likely N-dealkylation sites (tertiary alicyclic amines) is 1. The highest BCUT2D eigenvalue weighted by Crippen LogP contribution is 2.26. The molecule has 0 bridgehead atoms. The molecule has 2 amide bonds. The predicted molar refractivity (Wildman–Crippen MR) is 139 cm³/mol. The van der Waals surface area contributed by atoms with Crippen LogP contribution in [0.1, 0.15) is 59.3 Å². The predicted octanol–water partition coefficient (Wildman–Crippen LogP) is 5.66. The number of thiazole rings is 1. The third kappa shape index (κ3) is 6.27. The zero-order valence-corrected chi connectivity index (χ0v) is 21.3. The van der Waals surface area contributed by atoms with Crippen molar-refractivity contribution in [2.24, 2.45) is 0 Å². The summed E-state index contributed by atoms with van der Waals surface area (Å²) in [4.78, 5) is 32.3. The van der Waals surface area contributed by atoms with Crippen molar-refractivity contribution < 1.29 is 9.59 Å². The molecular weight excluding hydrogens is 462 g/mol. The Labute approximate surface area is 210 Å². The van der Waals surface area contributed by atoms with E-state index in [4.69, 9.17) is 0 Å². The van der Waals surface area contributed by atoms with Crippen LogP contribution in [-0.4, -0.2) is 40.8 Å². The molecule has 5 nitrogen and oxygen atoms in total. The zero-order chi connectivity index (χ0) is 23.9. The lowest BCUT2D eigenvalue weighted by Crippen LogP contribution is -2.47. The highest BCUT2D eigenvalue weighted by Gasteiger charge is 2.28. The van der Waals surface area contributed by atoms with Gasteiger partial charge in [0.05, 0.1) is 5.92 Å². The molecule has 34 heavy (non-hydrogen) atoms. The fourth-order valence-electron chi connectivity index (χ4n) is 4.27. The molecule has 2 aromatic carbocycles. The van der Waals surface area contributed by atoms with Crippen molar-refractivity contribution in [1.29, 1.82) is 0 Å². The Kier molecular flexibility index (Phi) is 8.40. The van der Waals surface area contributed by atoms with Gasteiger partial charge >= 0.3 is 0 Å².